The average molecular weight is 417 g/mol. The highest BCUT2D eigenvalue weighted by atomic mass is 16.5. The summed E-state index contributed by atoms with van der Waals surface area (Å²) in [5, 5.41) is 6.64. The molecule has 1 heterocycles. The van der Waals surface area contributed by atoms with Gasteiger partial charge in [0, 0.05) is 18.5 Å². The van der Waals surface area contributed by atoms with Gasteiger partial charge in [0.1, 0.15) is 12.3 Å². The Morgan fingerprint density at radius 2 is 1.97 bits per heavy atom. The maximum atomic E-state index is 5.81. The van der Waals surface area contributed by atoms with Crippen LogP contribution in [-0.4, -0.2) is 37.7 Å². The van der Waals surface area contributed by atoms with E-state index in [1.54, 1.807) is 13.3 Å². The van der Waals surface area contributed by atoms with Gasteiger partial charge in [-0.05, 0) is 44.4 Å². The molecule has 0 amide bonds. The molecule has 7 heteroatoms. The number of aliphatic imine (C=N–C) groups is 1. The van der Waals surface area contributed by atoms with Gasteiger partial charge in [0.05, 0.1) is 19.9 Å². The monoisotopic (exact) mass is 416 g/mol. The minimum absolute atomic E-state index is 0.0544. The summed E-state index contributed by atoms with van der Waals surface area (Å²) in [5.74, 6) is 3.82. The number of aromatic nitrogens is 1. The lowest BCUT2D eigenvalue weighted by molar-refractivity contribution is 0.310. The zero-order chi connectivity index (χ0) is 22.0. The van der Waals surface area contributed by atoms with E-state index in [9.17, 15) is 0 Å². The van der Waals surface area contributed by atoms with E-state index >= 15 is 0 Å². The fourth-order valence-corrected chi connectivity index (χ4v) is 2.86. The third kappa shape index (κ3) is 7.28. The van der Waals surface area contributed by atoms with Crippen LogP contribution in [0.15, 0.2) is 33.8 Å². The standard InChI is InChI=1S/C23H36N4O3/c1-7-24-22(27-16-21-26-15-20(30-21)23(3,4)5)25-13-9-10-17-11-12-18(28-6)19(14-17)29-8-2/h11-12,14-15H,7-10,13,16H2,1-6H3,(H2,24,25,27). The number of hydrogen-bond donors (Lipinski definition) is 2. The van der Waals surface area contributed by atoms with Crippen LogP contribution in [0.5, 0.6) is 11.5 Å². The molecule has 0 radical (unpaired) electrons. The highest BCUT2D eigenvalue weighted by Crippen LogP contribution is 2.28. The van der Waals surface area contributed by atoms with E-state index in [-0.39, 0.29) is 5.41 Å². The van der Waals surface area contributed by atoms with E-state index in [2.05, 4.69) is 53.5 Å². The molecule has 0 bridgehead atoms. The van der Waals surface area contributed by atoms with Gasteiger partial charge in [0.25, 0.3) is 0 Å². The molecule has 2 rings (SSSR count). The Bertz CT molecular complexity index is 809. The molecule has 166 valence electrons. The van der Waals surface area contributed by atoms with Crippen molar-refractivity contribution in [2.45, 2.75) is 59.4 Å². The number of ether oxygens (including phenoxy) is 2. The first-order valence-electron chi connectivity index (χ1n) is 10.6. The average Bonchev–Trinajstić information content (AvgIpc) is 3.19. The van der Waals surface area contributed by atoms with Crippen molar-refractivity contribution in [2.24, 2.45) is 4.99 Å². The van der Waals surface area contributed by atoms with Crippen molar-refractivity contribution in [1.82, 2.24) is 15.6 Å². The van der Waals surface area contributed by atoms with Gasteiger partial charge >= 0.3 is 0 Å². The number of benzene rings is 1. The van der Waals surface area contributed by atoms with Gasteiger partial charge in [-0.1, -0.05) is 26.8 Å². The van der Waals surface area contributed by atoms with Gasteiger partial charge in [-0.2, -0.15) is 0 Å². The van der Waals surface area contributed by atoms with Crippen LogP contribution in [-0.2, 0) is 18.4 Å². The van der Waals surface area contributed by atoms with Crippen molar-refractivity contribution in [3.63, 3.8) is 0 Å². The summed E-state index contributed by atoms with van der Waals surface area (Å²) in [5.41, 5.74) is 1.17. The number of guanidine groups is 1. The Labute approximate surface area is 180 Å². The first-order chi connectivity index (χ1) is 14.4. The summed E-state index contributed by atoms with van der Waals surface area (Å²) >= 11 is 0. The highest BCUT2D eigenvalue weighted by molar-refractivity contribution is 5.79. The van der Waals surface area contributed by atoms with Crippen LogP contribution < -0.4 is 20.1 Å². The number of aryl methyl sites for hydroxylation is 1. The summed E-state index contributed by atoms with van der Waals surface area (Å²) in [6.07, 6.45) is 3.69. The van der Waals surface area contributed by atoms with Gasteiger partial charge < -0.3 is 24.5 Å². The van der Waals surface area contributed by atoms with Gasteiger partial charge in [0.15, 0.2) is 17.5 Å². The molecular weight excluding hydrogens is 380 g/mol. The Morgan fingerprint density at radius 1 is 1.17 bits per heavy atom. The number of nitrogens with one attached hydrogen (secondary N) is 2. The Balaban J connectivity index is 1.86. The molecule has 1 aromatic carbocycles. The summed E-state index contributed by atoms with van der Waals surface area (Å²) < 4.78 is 16.8. The molecule has 0 aliphatic rings. The van der Waals surface area contributed by atoms with Crippen LogP contribution >= 0.6 is 0 Å². The van der Waals surface area contributed by atoms with Crippen molar-refractivity contribution in [3.05, 3.63) is 41.6 Å². The van der Waals surface area contributed by atoms with Crippen molar-refractivity contribution in [1.29, 1.82) is 0 Å². The fourth-order valence-electron chi connectivity index (χ4n) is 2.86. The normalized spacial score (nSPS) is 12.0. The van der Waals surface area contributed by atoms with Crippen LogP contribution in [0.4, 0.5) is 0 Å². The largest absolute Gasteiger partial charge is 0.493 e. The second-order valence-corrected chi connectivity index (χ2v) is 8.01. The van der Waals surface area contributed by atoms with Crippen molar-refractivity contribution < 1.29 is 13.9 Å². The number of hydrogen-bond acceptors (Lipinski definition) is 5. The van der Waals surface area contributed by atoms with E-state index in [0.717, 1.165) is 49.1 Å². The molecule has 0 saturated heterocycles. The number of oxazole rings is 1. The second kappa shape index (κ2) is 11.5. The first kappa shape index (κ1) is 23.6. The van der Waals surface area contributed by atoms with E-state index in [0.29, 0.717) is 19.0 Å². The third-order valence-corrected chi connectivity index (χ3v) is 4.47. The van der Waals surface area contributed by atoms with E-state index in [1.165, 1.54) is 5.56 Å². The van der Waals surface area contributed by atoms with Gasteiger partial charge in [-0.25, -0.2) is 9.98 Å². The van der Waals surface area contributed by atoms with Crippen LogP contribution in [0.3, 0.4) is 0 Å². The van der Waals surface area contributed by atoms with Gasteiger partial charge in [-0.3, -0.25) is 0 Å². The zero-order valence-electron chi connectivity index (χ0n) is 19.2. The van der Waals surface area contributed by atoms with Crippen molar-refractivity contribution >= 4 is 5.96 Å². The van der Waals surface area contributed by atoms with Crippen molar-refractivity contribution in [2.75, 3.05) is 26.8 Å². The molecular formula is C23H36N4O3. The number of methoxy groups -OCH3 is 1. The maximum Gasteiger partial charge on any atom is 0.216 e. The molecule has 2 N–H and O–H groups in total. The van der Waals surface area contributed by atoms with Crippen LogP contribution in [0.2, 0.25) is 0 Å². The smallest absolute Gasteiger partial charge is 0.216 e. The Morgan fingerprint density at radius 3 is 2.60 bits per heavy atom. The lowest BCUT2D eigenvalue weighted by Crippen LogP contribution is -2.37. The molecule has 0 fully saturated rings. The molecule has 2 aromatic rings. The minimum atomic E-state index is -0.0544. The Kier molecular flexibility index (Phi) is 9.02. The summed E-state index contributed by atoms with van der Waals surface area (Å²) in [6, 6.07) is 6.09. The third-order valence-electron chi connectivity index (χ3n) is 4.47. The predicted octanol–water partition coefficient (Wildman–Crippen LogP) is 4.07. The second-order valence-electron chi connectivity index (χ2n) is 8.01. The molecule has 7 nitrogen and oxygen atoms in total. The van der Waals surface area contributed by atoms with Crippen LogP contribution in [0, 0.1) is 0 Å². The fraction of sp³-hybridized carbons (Fsp3) is 0.565. The SMILES string of the molecule is CCNC(=NCc1ncc(C(C)(C)C)o1)NCCCc1ccc(OC)c(OCC)c1. The molecule has 1 aromatic heterocycles. The van der Waals surface area contributed by atoms with Crippen LogP contribution in [0.1, 0.15) is 58.3 Å². The number of rotatable bonds is 10. The lowest BCUT2D eigenvalue weighted by Gasteiger charge is -2.13. The van der Waals surface area contributed by atoms with Gasteiger partial charge in [-0.15, -0.1) is 0 Å². The molecule has 0 unspecified atom stereocenters. The molecule has 0 saturated carbocycles. The highest BCUT2D eigenvalue weighted by Gasteiger charge is 2.19. The molecule has 0 atom stereocenters. The maximum absolute atomic E-state index is 5.81. The molecule has 0 aliphatic heterocycles. The van der Waals surface area contributed by atoms with Crippen LogP contribution in [0.25, 0.3) is 0 Å². The predicted molar refractivity (Wildman–Crippen MR) is 121 cm³/mol. The first-order valence-corrected chi connectivity index (χ1v) is 10.6. The summed E-state index contributed by atoms with van der Waals surface area (Å²) in [7, 11) is 1.66. The molecule has 0 spiro atoms. The van der Waals surface area contributed by atoms with Crippen molar-refractivity contribution in [3.8, 4) is 11.5 Å². The lowest BCUT2D eigenvalue weighted by atomic mass is 9.94. The topological polar surface area (TPSA) is 80.9 Å². The van der Waals surface area contributed by atoms with E-state index < -0.39 is 0 Å². The molecule has 30 heavy (non-hydrogen) atoms. The minimum Gasteiger partial charge on any atom is -0.493 e. The quantitative estimate of drug-likeness (QED) is 0.345. The van der Waals surface area contributed by atoms with E-state index in [4.69, 9.17) is 13.9 Å². The summed E-state index contributed by atoms with van der Waals surface area (Å²) in [4.78, 5) is 8.92. The van der Waals surface area contributed by atoms with Gasteiger partial charge in [0.2, 0.25) is 5.89 Å². The Hall–Kier alpha value is -2.70. The van der Waals surface area contributed by atoms with E-state index in [1.807, 2.05) is 19.9 Å². The zero-order valence-corrected chi connectivity index (χ0v) is 19.2. The number of nitrogens with zero attached hydrogens (tertiary/aromatic N) is 2. The summed E-state index contributed by atoms with van der Waals surface area (Å²) in [6.45, 7) is 13.0. The molecule has 0 aliphatic carbocycles.